The molecule has 1 fully saturated rings. The van der Waals surface area contributed by atoms with Gasteiger partial charge >= 0.3 is 0 Å². The smallest absolute Gasteiger partial charge is 0.213 e. The van der Waals surface area contributed by atoms with Crippen LogP contribution in [0.4, 0.5) is 0 Å². The van der Waals surface area contributed by atoms with Gasteiger partial charge in [0.2, 0.25) is 5.88 Å². The fraction of sp³-hybridized carbons (Fsp3) is 0.583. The molecule has 0 saturated heterocycles. The average molecular weight is 206 g/mol. The van der Waals surface area contributed by atoms with E-state index in [2.05, 4.69) is 16.4 Å². The van der Waals surface area contributed by atoms with Crippen LogP contribution < -0.4 is 10.1 Å². The summed E-state index contributed by atoms with van der Waals surface area (Å²) in [5, 5.41) is 3.10. The molecule has 0 aromatic carbocycles. The lowest BCUT2D eigenvalue weighted by Gasteiger charge is -2.11. The van der Waals surface area contributed by atoms with Crippen molar-refractivity contribution in [2.45, 2.75) is 38.3 Å². The first-order valence-corrected chi connectivity index (χ1v) is 5.64. The van der Waals surface area contributed by atoms with Crippen molar-refractivity contribution in [3.05, 3.63) is 23.9 Å². The first kappa shape index (κ1) is 10.4. The molecule has 3 nitrogen and oxygen atoms in total. The number of hydrogen-bond acceptors (Lipinski definition) is 3. The quantitative estimate of drug-likeness (QED) is 0.819. The highest BCUT2D eigenvalue weighted by molar-refractivity contribution is 5.17. The molecule has 0 aliphatic heterocycles. The van der Waals surface area contributed by atoms with Crippen LogP contribution in [0.25, 0.3) is 0 Å². The fourth-order valence-electron chi connectivity index (χ4n) is 1.97. The van der Waals surface area contributed by atoms with Gasteiger partial charge in [-0.2, -0.15) is 0 Å². The summed E-state index contributed by atoms with van der Waals surface area (Å²) in [5.41, 5.74) is 1.19. The van der Waals surface area contributed by atoms with Crippen molar-refractivity contribution in [3.63, 3.8) is 0 Å². The molecule has 1 aliphatic rings. The third-order valence-corrected chi connectivity index (χ3v) is 2.77. The van der Waals surface area contributed by atoms with Crippen LogP contribution in [0.1, 0.15) is 31.2 Å². The summed E-state index contributed by atoms with van der Waals surface area (Å²) in [6, 6.07) is 4.03. The van der Waals surface area contributed by atoms with Crippen molar-refractivity contribution >= 4 is 0 Å². The van der Waals surface area contributed by atoms with E-state index < -0.39 is 0 Å². The maximum atomic E-state index is 5.78. The summed E-state index contributed by atoms with van der Waals surface area (Å²) < 4.78 is 5.78. The number of pyridine rings is 1. The van der Waals surface area contributed by atoms with Crippen LogP contribution in [0.5, 0.6) is 5.88 Å². The molecule has 0 bridgehead atoms. The predicted octanol–water partition coefficient (Wildman–Crippen LogP) is 2.12. The molecular formula is C12H18N2O. The van der Waals surface area contributed by atoms with Crippen LogP contribution in [0.15, 0.2) is 18.3 Å². The average Bonchev–Trinajstić information content (AvgIpc) is 2.74. The van der Waals surface area contributed by atoms with Gasteiger partial charge in [0, 0.05) is 18.8 Å². The number of nitrogens with one attached hydrogen (secondary N) is 1. The second-order valence-corrected chi connectivity index (χ2v) is 4.06. The second-order valence-electron chi connectivity index (χ2n) is 4.06. The molecular weight excluding hydrogens is 188 g/mol. The molecule has 1 aromatic heterocycles. The summed E-state index contributed by atoms with van der Waals surface area (Å²) in [6.07, 6.45) is 7.22. The highest BCUT2D eigenvalue weighted by Crippen LogP contribution is 2.22. The number of nitrogens with zero attached hydrogens (tertiary/aromatic N) is 1. The molecule has 0 unspecified atom stereocenters. The summed E-state index contributed by atoms with van der Waals surface area (Å²) >= 11 is 0. The summed E-state index contributed by atoms with van der Waals surface area (Å²) in [7, 11) is 1.93. The minimum Gasteiger partial charge on any atom is -0.474 e. The largest absolute Gasteiger partial charge is 0.474 e. The molecule has 1 aliphatic carbocycles. The van der Waals surface area contributed by atoms with Gasteiger partial charge in [0.15, 0.2) is 0 Å². The Hall–Kier alpha value is -1.09. The zero-order valence-electron chi connectivity index (χ0n) is 9.20. The van der Waals surface area contributed by atoms with E-state index in [1.165, 1.54) is 31.2 Å². The second kappa shape index (κ2) is 5.12. The standard InChI is InChI=1S/C12H18N2O/c1-13-8-10-6-7-12(14-9-10)15-11-4-2-3-5-11/h6-7,9,11,13H,2-5,8H2,1H3. The van der Waals surface area contributed by atoms with Gasteiger partial charge in [-0.3, -0.25) is 0 Å². The molecule has 1 saturated carbocycles. The van der Waals surface area contributed by atoms with Crippen molar-refractivity contribution in [1.29, 1.82) is 0 Å². The van der Waals surface area contributed by atoms with Crippen molar-refractivity contribution in [2.75, 3.05) is 7.05 Å². The van der Waals surface area contributed by atoms with Gasteiger partial charge in [-0.1, -0.05) is 6.07 Å². The zero-order valence-corrected chi connectivity index (χ0v) is 9.20. The van der Waals surface area contributed by atoms with Crippen LogP contribution in [0.2, 0.25) is 0 Å². The van der Waals surface area contributed by atoms with Crippen LogP contribution >= 0.6 is 0 Å². The number of ether oxygens (including phenoxy) is 1. The SMILES string of the molecule is CNCc1ccc(OC2CCCC2)nc1. The van der Waals surface area contributed by atoms with Crippen molar-refractivity contribution in [3.8, 4) is 5.88 Å². The van der Waals surface area contributed by atoms with E-state index in [9.17, 15) is 0 Å². The minimum absolute atomic E-state index is 0.396. The predicted molar refractivity (Wildman–Crippen MR) is 59.9 cm³/mol. The Morgan fingerprint density at radius 2 is 2.20 bits per heavy atom. The molecule has 0 radical (unpaired) electrons. The molecule has 2 rings (SSSR count). The molecule has 0 amide bonds. The van der Waals surface area contributed by atoms with E-state index in [1.807, 2.05) is 19.3 Å². The summed E-state index contributed by atoms with van der Waals surface area (Å²) in [6.45, 7) is 0.858. The van der Waals surface area contributed by atoms with E-state index in [1.54, 1.807) is 0 Å². The first-order chi connectivity index (χ1) is 7.38. The highest BCUT2D eigenvalue weighted by Gasteiger charge is 2.16. The van der Waals surface area contributed by atoms with Crippen molar-refractivity contribution in [1.82, 2.24) is 10.3 Å². The van der Waals surface area contributed by atoms with E-state index >= 15 is 0 Å². The molecule has 1 aromatic rings. The maximum Gasteiger partial charge on any atom is 0.213 e. The number of rotatable bonds is 4. The Labute approximate surface area is 90.9 Å². The van der Waals surface area contributed by atoms with Crippen molar-refractivity contribution in [2.24, 2.45) is 0 Å². The molecule has 0 spiro atoms. The molecule has 1 heterocycles. The lowest BCUT2D eigenvalue weighted by Crippen LogP contribution is -2.12. The summed E-state index contributed by atoms with van der Waals surface area (Å²) in [5.74, 6) is 0.766. The van der Waals surface area contributed by atoms with E-state index in [-0.39, 0.29) is 0 Å². The zero-order chi connectivity index (χ0) is 10.5. The van der Waals surface area contributed by atoms with Crippen LogP contribution in [-0.4, -0.2) is 18.1 Å². The monoisotopic (exact) mass is 206 g/mol. The summed E-state index contributed by atoms with van der Waals surface area (Å²) in [4.78, 5) is 4.30. The molecule has 3 heteroatoms. The van der Waals surface area contributed by atoms with Gasteiger partial charge in [0.05, 0.1) is 0 Å². The Kier molecular flexibility index (Phi) is 3.56. The molecule has 82 valence electrons. The normalized spacial score (nSPS) is 16.9. The third kappa shape index (κ3) is 2.93. The number of aromatic nitrogens is 1. The molecule has 15 heavy (non-hydrogen) atoms. The van der Waals surface area contributed by atoms with E-state index in [4.69, 9.17) is 4.74 Å². The van der Waals surface area contributed by atoms with E-state index in [0.717, 1.165) is 12.4 Å². The minimum atomic E-state index is 0.396. The highest BCUT2D eigenvalue weighted by atomic mass is 16.5. The number of hydrogen-bond donors (Lipinski definition) is 1. The van der Waals surface area contributed by atoms with Gasteiger partial charge < -0.3 is 10.1 Å². The Bertz CT molecular complexity index is 291. The maximum absolute atomic E-state index is 5.78. The topological polar surface area (TPSA) is 34.1 Å². The van der Waals surface area contributed by atoms with Crippen LogP contribution in [0.3, 0.4) is 0 Å². The fourth-order valence-corrected chi connectivity index (χ4v) is 1.97. The Balaban J connectivity index is 1.91. The van der Waals surface area contributed by atoms with Crippen molar-refractivity contribution < 1.29 is 4.74 Å². The molecule has 1 N–H and O–H groups in total. The van der Waals surface area contributed by atoms with Gasteiger partial charge in [0.1, 0.15) is 6.10 Å². The van der Waals surface area contributed by atoms with Crippen LogP contribution in [-0.2, 0) is 6.54 Å². The Morgan fingerprint density at radius 3 is 2.80 bits per heavy atom. The van der Waals surface area contributed by atoms with Gasteiger partial charge in [-0.15, -0.1) is 0 Å². The Morgan fingerprint density at radius 1 is 1.40 bits per heavy atom. The van der Waals surface area contributed by atoms with Gasteiger partial charge in [-0.05, 0) is 38.3 Å². The third-order valence-electron chi connectivity index (χ3n) is 2.77. The molecule has 0 atom stereocenters. The lowest BCUT2D eigenvalue weighted by molar-refractivity contribution is 0.201. The van der Waals surface area contributed by atoms with Gasteiger partial charge in [-0.25, -0.2) is 4.98 Å². The lowest BCUT2D eigenvalue weighted by atomic mass is 10.3. The van der Waals surface area contributed by atoms with Gasteiger partial charge in [0.25, 0.3) is 0 Å². The van der Waals surface area contributed by atoms with E-state index in [0.29, 0.717) is 6.10 Å². The van der Waals surface area contributed by atoms with Crippen LogP contribution in [0, 0.1) is 0 Å². The first-order valence-electron chi connectivity index (χ1n) is 5.64.